The molecule has 1 N–H and O–H groups in total. The van der Waals surface area contributed by atoms with Gasteiger partial charge in [-0.15, -0.1) is 0 Å². The van der Waals surface area contributed by atoms with Crippen LogP contribution >= 0.6 is 0 Å². The Labute approximate surface area is 170 Å². The Bertz CT molecular complexity index is 1130. The van der Waals surface area contributed by atoms with Crippen LogP contribution in [0.1, 0.15) is 18.1 Å². The number of ether oxygens (including phenoxy) is 1. The molecule has 4 nitrogen and oxygen atoms in total. The molecule has 1 unspecified atom stereocenters. The second-order valence-electron chi connectivity index (χ2n) is 7.17. The van der Waals surface area contributed by atoms with Crippen molar-refractivity contribution in [1.29, 1.82) is 0 Å². The zero-order valence-corrected chi connectivity index (χ0v) is 16.7. The van der Waals surface area contributed by atoms with Crippen LogP contribution in [0.4, 0.5) is 5.69 Å². The number of aryl methyl sites for hydroxylation is 1. The van der Waals surface area contributed by atoms with Crippen molar-refractivity contribution in [1.82, 2.24) is 0 Å². The van der Waals surface area contributed by atoms with E-state index in [1.165, 1.54) is 0 Å². The van der Waals surface area contributed by atoms with Crippen molar-refractivity contribution in [3.63, 3.8) is 0 Å². The summed E-state index contributed by atoms with van der Waals surface area (Å²) in [6.45, 7) is 5.77. The van der Waals surface area contributed by atoms with Crippen molar-refractivity contribution in [3.8, 4) is 17.1 Å². The van der Waals surface area contributed by atoms with Gasteiger partial charge in [-0.2, -0.15) is 0 Å². The minimum atomic E-state index is -0.606. The van der Waals surface area contributed by atoms with Crippen LogP contribution in [-0.4, -0.2) is 12.0 Å². The molecule has 0 bridgehead atoms. The average molecular weight is 385 g/mol. The fourth-order valence-electron chi connectivity index (χ4n) is 3.18. The lowest BCUT2D eigenvalue weighted by molar-refractivity contribution is -0.122. The molecule has 0 saturated carbocycles. The van der Waals surface area contributed by atoms with E-state index in [1.54, 1.807) is 6.92 Å². The lowest BCUT2D eigenvalue weighted by Crippen LogP contribution is -2.30. The van der Waals surface area contributed by atoms with Gasteiger partial charge in [-0.05, 0) is 74.4 Å². The Morgan fingerprint density at radius 1 is 0.966 bits per heavy atom. The lowest BCUT2D eigenvalue weighted by atomic mass is 10.1. The van der Waals surface area contributed by atoms with Crippen LogP contribution in [0.15, 0.2) is 77.2 Å². The second-order valence-corrected chi connectivity index (χ2v) is 7.17. The van der Waals surface area contributed by atoms with Gasteiger partial charge in [-0.1, -0.05) is 30.3 Å². The molecule has 0 saturated heterocycles. The molecular weight excluding hydrogens is 362 g/mol. The van der Waals surface area contributed by atoms with Crippen molar-refractivity contribution in [3.05, 3.63) is 83.9 Å². The number of nitrogens with one attached hydrogen (secondary N) is 1. The number of furan rings is 1. The fourth-order valence-corrected chi connectivity index (χ4v) is 3.18. The summed E-state index contributed by atoms with van der Waals surface area (Å²) in [7, 11) is 0. The van der Waals surface area contributed by atoms with Gasteiger partial charge in [0, 0.05) is 16.6 Å². The van der Waals surface area contributed by atoms with E-state index in [0.29, 0.717) is 5.69 Å². The Morgan fingerprint density at radius 2 is 1.72 bits per heavy atom. The van der Waals surface area contributed by atoms with E-state index in [2.05, 4.69) is 5.32 Å². The molecule has 0 spiro atoms. The second kappa shape index (κ2) is 7.84. The molecule has 0 aliphatic heterocycles. The maximum absolute atomic E-state index is 12.5. The molecular formula is C25H23NO3. The molecule has 0 aliphatic rings. The van der Waals surface area contributed by atoms with Gasteiger partial charge in [-0.3, -0.25) is 4.79 Å². The highest BCUT2D eigenvalue weighted by Gasteiger charge is 2.16. The Hall–Kier alpha value is -3.53. The van der Waals surface area contributed by atoms with Gasteiger partial charge in [-0.25, -0.2) is 0 Å². The lowest BCUT2D eigenvalue weighted by Gasteiger charge is -2.17. The van der Waals surface area contributed by atoms with Gasteiger partial charge in [0.25, 0.3) is 5.91 Å². The van der Waals surface area contributed by atoms with E-state index in [9.17, 15) is 4.79 Å². The molecule has 4 aromatic rings. The summed E-state index contributed by atoms with van der Waals surface area (Å²) in [5, 5.41) is 3.97. The van der Waals surface area contributed by atoms with E-state index in [0.717, 1.165) is 39.2 Å². The molecule has 4 heteroatoms. The van der Waals surface area contributed by atoms with Gasteiger partial charge >= 0.3 is 0 Å². The van der Waals surface area contributed by atoms with Crippen molar-refractivity contribution in [2.45, 2.75) is 26.9 Å². The van der Waals surface area contributed by atoms with E-state index in [4.69, 9.17) is 9.15 Å². The van der Waals surface area contributed by atoms with Crippen molar-refractivity contribution in [2.24, 2.45) is 0 Å². The molecule has 0 aliphatic carbocycles. The highest BCUT2D eigenvalue weighted by molar-refractivity contribution is 5.94. The topological polar surface area (TPSA) is 51.5 Å². The standard InChI is InChI=1S/C25H23NO3/c1-16-7-6-10-22(17(16)2)28-18(3)25(27)26-21-13-11-19(12-14-21)24-15-20-8-4-5-9-23(20)29-24/h4-15,18H,1-3H3,(H,26,27). The molecule has 29 heavy (non-hydrogen) atoms. The quantitative estimate of drug-likeness (QED) is 0.450. The van der Waals surface area contributed by atoms with Crippen molar-refractivity contribution < 1.29 is 13.9 Å². The number of hydrogen-bond donors (Lipinski definition) is 1. The summed E-state index contributed by atoms with van der Waals surface area (Å²) in [5.74, 6) is 1.34. The van der Waals surface area contributed by atoms with Crippen LogP contribution in [-0.2, 0) is 4.79 Å². The smallest absolute Gasteiger partial charge is 0.265 e. The minimum absolute atomic E-state index is 0.192. The Balaban J connectivity index is 1.44. The highest BCUT2D eigenvalue weighted by Crippen LogP contribution is 2.28. The molecule has 3 aromatic carbocycles. The third kappa shape index (κ3) is 4.02. The van der Waals surface area contributed by atoms with Gasteiger partial charge in [0.15, 0.2) is 6.10 Å². The fraction of sp³-hybridized carbons (Fsp3) is 0.160. The maximum atomic E-state index is 12.5. The molecule has 1 atom stereocenters. The number of carbonyl (C=O) groups excluding carboxylic acids is 1. The number of benzene rings is 3. The zero-order chi connectivity index (χ0) is 20.4. The maximum Gasteiger partial charge on any atom is 0.265 e. The van der Waals surface area contributed by atoms with Crippen LogP contribution < -0.4 is 10.1 Å². The first-order chi connectivity index (χ1) is 14.0. The van der Waals surface area contributed by atoms with Crippen molar-refractivity contribution in [2.75, 3.05) is 5.32 Å². The third-order valence-electron chi connectivity index (χ3n) is 5.09. The van der Waals surface area contributed by atoms with E-state index >= 15 is 0 Å². The Morgan fingerprint density at radius 3 is 2.48 bits per heavy atom. The SMILES string of the molecule is Cc1cccc(OC(C)C(=O)Nc2ccc(-c3cc4ccccc4o3)cc2)c1C. The predicted molar refractivity (Wildman–Crippen MR) is 116 cm³/mol. The van der Waals surface area contributed by atoms with E-state index < -0.39 is 6.10 Å². The van der Waals surface area contributed by atoms with Gasteiger partial charge in [0.2, 0.25) is 0 Å². The summed E-state index contributed by atoms with van der Waals surface area (Å²) in [5.41, 5.74) is 4.71. The normalized spacial score (nSPS) is 12.0. The predicted octanol–water partition coefficient (Wildman–Crippen LogP) is 6.12. The molecule has 1 heterocycles. The van der Waals surface area contributed by atoms with Crippen LogP contribution in [0.5, 0.6) is 5.75 Å². The minimum Gasteiger partial charge on any atom is -0.481 e. The van der Waals surface area contributed by atoms with Crippen LogP contribution in [0.2, 0.25) is 0 Å². The molecule has 4 rings (SSSR count). The number of para-hydroxylation sites is 1. The summed E-state index contributed by atoms with van der Waals surface area (Å²) in [6, 6.07) is 23.4. The molecule has 0 radical (unpaired) electrons. The molecule has 1 aromatic heterocycles. The van der Waals surface area contributed by atoms with Crippen LogP contribution in [0.3, 0.4) is 0 Å². The van der Waals surface area contributed by atoms with Gasteiger partial charge in [0.1, 0.15) is 17.1 Å². The number of hydrogen-bond acceptors (Lipinski definition) is 3. The average Bonchev–Trinajstić information content (AvgIpc) is 3.16. The van der Waals surface area contributed by atoms with Gasteiger partial charge < -0.3 is 14.5 Å². The summed E-state index contributed by atoms with van der Waals surface area (Å²) < 4.78 is 11.8. The van der Waals surface area contributed by atoms with Crippen LogP contribution in [0, 0.1) is 13.8 Å². The first kappa shape index (κ1) is 18.8. The van der Waals surface area contributed by atoms with E-state index in [1.807, 2.05) is 86.6 Å². The highest BCUT2D eigenvalue weighted by atomic mass is 16.5. The van der Waals surface area contributed by atoms with Gasteiger partial charge in [0.05, 0.1) is 0 Å². The summed E-state index contributed by atoms with van der Waals surface area (Å²) in [4.78, 5) is 12.5. The summed E-state index contributed by atoms with van der Waals surface area (Å²) in [6.07, 6.45) is -0.606. The van der Waals surface area contributed by atoms with Crippen molar-refractivity contribution >= 4 is 22.6 Å². The third-order valence-corrected chi connectivity index (χ3v) is 5.09. The number of amides is 1. The molecule has 146 valence electrons. The molecule has 1 amide bonds. The Kier molecular flexibility index (Phi) is 5.09. The first-order valence-corrected chi connectivity index (χ1v) is 9.64. The first-order valence-electron chi connectivity index (χ1n) is 9.64. The summed E-state index contributed by atoms with van der Waals surface area (Å²) >= 11 is 0. The zero-order valence-electron chi connectivity index (χ0n) is 16.7. The largest absolute Gasteiger partial charge is 0.481 e. The number of anilines is 1. The molecule has 0 fully saturated rings. The van der Waals surface area contributed by atoms with Crippen LogP contribution in [0.25, 0.3) is 22.3 Å². The monoisotopic (exact) mass is 385 g/mol. The number of rotatable bonds is 5. The van der Waals surface area contributed by atoms with E-state index in [-0.39, 0.29) is 5.91 Å². The number of fused-ring (bicyclic) bond motifs is 1. The number of carbonyl (C=O) groups is 1.